The summed E-state index contributed by atoms with van der Waals surface area (Å²) in [7, 11) is 0. The molecule has 1 aromatic carbocycles. The van der Waals surface area contributed by atoms with Crippen LogP contribution in [0, 0.1) is 0 Å². The van der Waals surface area contributed by atoms with Crippen molar-refractivity contribution in [2.75, 3.05) is 0 Å². The normalized spacial score (nSPS) is 10.1. The number of carboxylic acids is 1. The van der Waals surface area contributed by atoms with Gasteiger partial charge in [-0.15, -0.1) is 0 Å². The second-order valence-electron chi connectivity index (χ2n) is 3.23. The Morgan fingerprint density at radius 3 is 2.56 bits per heavy atom. The molecule has 0 saturated heterocycles. The van der Waals surface area contributed by atoms with Gasteiger partial charge in [-0.2, -0.15) is 0 Å². The number of pyridine rings is 1. The minimum atomic E-state index is -1.01. The average Bonchev–Trinajstić information content (AvgIpc) is 2.30. The number of hydrogen-bond donors (Lipinski definition) is 1. The Bertz CT molecular complexity index is 526. The molecule has 1 N–H and O–H groups in total. The van der Waals surface area contributed by atoms with Crippen LogP contribution in [0.3, 0.4) is 0 Å². The van der Waals surface area contributed by atoms with Gasteiger partial charge in [-0.1, -0.05) is 41.9 Å². The summed E-state index contributed by atoms with van der Waals surface area (Å²) in [4.78, 5) is 14.7. The highest BCUT2D eigenvalue weighted by Crippen LogP contribution is 2.26. The number of aromatic nitrogens is 1. The van der Waals surface area contributed by atoms with E-state index in [2.05, 4.69) is 4.98 Å². The molecule has 0 radical (unpaired) electrons. The van der Waals surface area contributed by atoms with Crippen LogP contribution in [0.2, 0.25) is 5.15 Å². The van der Waals surface area contributed by atoms with Crippen LogP contribution in [0.4, 0.5) is 0 Å². The van der Waals surface area contributed by atoms with E-state index in [4.69, 9.17) is 16.7 Å². The van der Waals surface area contributed by atoms with Crippen molar-refractivity contribution in [3.8, 4) is 11.1 Å². The van der Waals surface area contributed by atoms with Gasteiger partial charge in [0.25, 0.3) is 0 Å². The molecular formula is C12H8ClNO2. The molecule has 0 saturated carbocycles. The summed E-state index contributed by atoms with van der Waals surface area (Å²) >= 11 is 5.93. The van der Waals surface area contributed by atoms with E-state index < -0.39 is 5.97 Å². The lowest BCUT2D eigenvalue weighted by Gasteiger charge is -2.04. The molecule has 2 aromatic rings. The maximum atomic E-state index is 10.8. The highest BCUT2D eigenvalue weighted by molar-refractivity contribution is 6.32. The second kappa shape index (κ2) is 4.33. The highest BCUT2D eigenvalue weighted by atomic mass is 35.5. The molecular weight excluding hydrogens is 226 g/mol. The Morgan fingerprint density at radius 2 is 1.94 bits per heavy atom. The standard InChI is InChI=1S/C12H8ClNO2/c13-11-10(8-4-2-1-3-5-8)6-9(7-14-11)12(15)16/h1-7H,(H,15,16). The first kappa shape index (κ1) is 10.6. The second-order valence-corrected chi connectivity index (χ2v) is 3.59. The SMILES string of the molecule is O=C(O)c1cnc(Cl)c(-c2ccccc2)c1. The average molecular weight is 234 g/mol. The largest absolute Gasteiger partial charge is 0.478 e. The first-order valence-corrected chi connectivity index (χ1v) is 5.00. The van der Waals surface area contributed by atoms with Crippen LogP contribution in [-0.4, -0.2) is 16.1 Å². The van der Waals surface area contributed by atoms with Crippen molar-refractivity contribution in [1.29, 1.82) is 0 Å². The summed E-state index contributed by atoms with van der Waals surface area (Å²) in [5.41, 5.74) is 1.61. The van der Waals surface area contributed by atoms with Crippen molar-refractivity contribution in [2.24, 2.45) is 0 Å². The predicted molar refractivity (Wildman–Crippen MR) is 61.6 cm³/mol. The molecule has 80 valence electrons. The Kier molecular flexibility index (Phi) is 2.88. The molecule has 0 unspecified atom stereocenters. The minimum Gasteiger partial charge on any atom is -0.478 e. The number of aromatic carboxylic acids is 1. The monoisotopic (exact) mass is 233 g/mol. The van der Waals surface area contributed by atoms with E-state index in [1.54, 1.807) is 0 Å². The zero-order chi connectivity index (χ0) is 11.5. The molecule has 0 bridgehead atoms. The van der Waals surface area contributed by atoms with Crippen LogP contribution in [0.15, 0.2) is 42.6 Å². The third-order valence-electron chi connectivity index (χ3n) is 2.17. The van der Waals surface area contributed by atoms with Crippen molar-refractivity contribution in [1.82, 2.24) is 4.98 Å². The van der Waals surface area contributed by atoms with Gasteiger partial charge in [0.1, 0.15) is 5.15 Å². The maximum absolute atomic E-state index is 10.8. The molecule has 1 heterocycles. The van der Waals surface area contributed by atoms with E-state index in [0.717, 1.165) is 5.56 Å². The first-order valence-electron chi connectivity index (χ1n) is 4.63. The molecule has 4 heteroatoms. The van der Waals surface area contributed by atoms with E-state index in [1.165, 1.54) is 12.3 Å². The van der Waals surface area contributed by atoms with E-state index >= 15 is 0 Å². The fourth-order valence-electron chi connectivity index (χ4n) is 1.39. The van der Waals surface area contributed by atoms with Gasteiger partial charge in [0.15, 0.2) is 0 Å². The molecule has 16 heavy (non-hydrogen) atoms. The van der Waals surface area contributed by atoms with Crippen LogP contribution < -0.4 is 0 Å². The third-order valence-corrected chi connectivity index (χ3v) is 2.47. The molecule has 2 rings (SSSR count). The van der Waals surface area contributed by atoms with Crippen LogP contribution in [0.5, 0.6) is 0 Å². The van der Waals surface area contributed by atoms with Crippen molar-refractivity contribution >= 4 is 17.6 Å². The van der Waals surface area contributed by atoms with Crippen molar-refractivity contribution in [3.63, 3.8) is 0 Å². The maximum Gasteiger partial charge on any atom is 0.337 e. The summed E-state index contributed by atoms with van der Waals surface area (Å²) in [6.07, 6.45) is 1.25. The van der Waals surface area contributed by atoms with Crippen LogP contribution in [-0.2, 0) is 0 Å². The number of nitrogens with zero attached hydrogens (tertiary/aromatic N) is 1. The van der Waals surface area contributed by atoms with Gasteiger partial charge in [0.05, 0.1) is 5.56 Å². The number of carboxylic acid groups (broad SMARTS) is 1. The van der Waals surface area contributed by atoms with Crippen LogP contribution in [0.25, 0.3) is 11.1 Å². The van der Waals surface area contributed by atoms with Gasteiger partial charge in [-0.3, -0.25) is 0 Å². The molecule has 0 fully saturated rings. The molecule has 0 amide bonds. The van der Waals surface area contributed by atoms with Crippen LogP contribution >= 0.6 is 11.6 Å². The van der Waals surface area contributed by atoms with Gasteiger partial charge < -0.3 is 5.11 Å². The number of benzene rings is 1. The molecule has 0 atom stereocenters. The lowest BCUT2D eigenvalue weighted by molar-refractivity contribution is 0.0696. The summed E-state index contributed by atoms with van der Waals surface area (Å²) in [6, 6.07) is 10.8. The number of halogens is 1. The topological polar surface area (TPSA) is 50.2 Å². The van der Waals surface area contributed by atoms with Crippen molar-refractivity contribution in [3.05, 3.63) is 53.3 Å². The lowest BCUT2D eigenvalue weighted by Crippen LogP contribution is -1.98. The van der Waals surface area contributed by atoms with Gasteiger partial charge >= 0.3 is 5.97 Å². The molecule has 1 aromatic heterocycles. The summed E-state index contributed by atoms with van der Waals surface area (Å²) in [5.74, 6) is -1.01. The Balaban J connectivity index is 2.56. The lowest BCUT2D eigenvalue weighted by atomic mass is 10.1. The van der Waals surface area contributed by atoms with Gasteiger partial charge in [-0.05, 0) is 11.6 Å². The number of hydrogen-bond acceptors (Lipinski definition) is 2. The quantitative estimate of drug-likeness (QED) is 0.811. The van der Waals surface area contributed by atoms with Gasteiger partial charge in [-0.25, -0.2) is 9.78 Å². The zero-order valence-electron chi connectivity index (χ0n) is 8.22. The van der Waals surface area contributed by atoms with E-state index in [1.807, 2.05) is 30.3 Å². The Morgan fingerprint density at radius 1 is 1.25 bits per heavy atom. The molecule has 3 nitrogen and oxygen atoms in total. The highest BCUT2D eigenvalue weighted by Gasteiger charge is 2.09. The number of rotatable bonds is 2. The molecule has 0 spiro atoms. The fraction of sp³-hybridized carbons (Fsp3) is 0. The zero-order valence-corrected chi connectivity index (χ0v) is 8.98. The van der Waals surface area contributed by atoms with E-state index in [9.17, 15) is 4.79 Å². The summed E-state index contributed by atoms with van der Waals surface area (Å²) in [6.45, 7) is 0. The molecule has 0 aliphatic rings. The minimum absolute atomic E-state index is 0.128. The van der Waals surface area contributed by atoms with Gasteiger partial charge in [0.2, 0.25) is 0 Å². The van der Waals surface area contributed by atoms with Crippen molar-refractivity contribution < 1.29 is 9.90 Å². The fourth-order valence-corrected chi connectivity index (χ4v) is 1.60. The molecule has 0 aliphatic carbocycles. The third kappa shape index (κ3) is 2.04. The molecule has 0 aliphatic heterocycles. The summed E-state index contributed by atoms with van der Waals surface area (Å²) < 4.78 is 0. The van der Waals surface area contributed by atoms with E-state index in [-0.39, 0.29) is 5.56 Å². The smallest absolute Gasteiger partial charge is 0.337 e. The first-order chi connectivity index (χ1) is 7.68. The van der Waals surface area contributed by atoms with Crippen LogP contribution in [0.1, 0.15) is 10.4 Å². The predicted octanol–water partition coefficient (Wildman–Crippen LogP) is 3.10. The van der Waals surface area contributed by atoms with Crippen molar-refractivity contribution in [2.45, 2.75) is 0 Å². The van der Waals surface area contributed by atoms with Gasteiger partial charge in [0, 0.05) is 11.8 Å². The Hall–Kier alpha value is -1.87. The van der Waals surface area contributed by atoms with E-state index in [0.29, 0.717) is 10.7 Å². The Labute approximate surface area is 97.3 Å². The summed E-state index contributed by atoms with van der Waals surface area (Å²) in [5, 5.41) is 9.17. The number of carbonyl (C=O) groups is 1.